The lowest BCUT2D eigenvalue weighted by Crippen LogP contribution is -2.53. The summed E-state index contributed by atoms with van der Waals surface area (Å²) >= 11 is 0. The zero-order valence-electron chi connectivity index (χ0n) is 22.5. The largest absolute Gasteiger partial charge is 0.430 e. The molecule has 2 saturated heterocycles. The Labute approximate surface area is 237 Å². The third-order valence-corrected chi connectivity index (χ3v) is 8.63. The van der Waals surface area contributed by atoms with Crippen molar-refractivity contribution in [3.05, 3.63) is 101 Å². The van der Waals surface area contributed by atoms with Crippen molar-refractivity contribution >= 4 is 6.03 Å². The molecule has 3 heterocycles. The molecular formula is C30H28F7N3O2. The van der Waals surface area contributed by atoms with Crippen LogP contribution in [-0.2, 0) is 11.0 Å². The number of amides is 2. The summed E-state index contributed by atoms with van der Waals surface area (Å²) in [5.74, 6) is -0.924. The van der Waals surface area contributed by atoms with Crippen LogP contribution < -0.4 is 0 Å². The van der Waals surface area contributed by atoms with E-state index in [-0.39, 0.29) is 25.0 Å². The van der Waals surface area contributed by atoms with Crippen LogP contribution in [-0.4, -0.2) is 64.5 Å². The van der Waals surface area contributed by atoms with Crippen LogP contribution in [0.1, 0.15) is 47.4 Å². The van der Waals surface area contributed by atoms with E-state index in [0.29, 0.717) is 36.3 Å². The van der Waals surface area contributed by atoms with Gasteiger partial charge in [0.25, 0.3) is 5.60 Å². The minimum absolute atomic E-state index is 0.109. The van der Waals surface area contributed by atoms with Gasteiger partial charge < -0.3 is 14.9 Å². The first-order valence-electron chi connectivity index (χ1n) is 13.3. The molecule has 2 aliphatic heterocycles. The second-order valence-electron chi connectivity index (χ2n) is 11.2. The van der Waals surface area contributed by atoms with Crippen molar-refractivity contribution in [3.63, 3.8) is 0 Å². The average Bonchev–Trinajstić information content (AvgIpc) is 3.58. The molecule has 0 bridgehead atoms. The van der Waals surface area contributed by atoms with Gasteiger partial charge in [0.15, 0.2) is 0 Å². The van der Waals surface area contributed by atoms with Crippen molar-refractivity contribution in [1.82, 2.24) is 14.8 Å². The highest BCUT2D eigenvalue weighted by Crippen LogP contribution is 2.51. The SMILES string of the molecule is C[C@]1(c2ccc(F)cc2)CN(C(=O)N2CCC(c3cccnc3)C2)C[C@H]1c1ccc(C(O)(C(F)(F)F)C(F)(F)F)cc1. The summed E-state index contributed by atoms with van der Waals surface area (Å²) in [5, 5.41) is 9.81. The Bertz CT molecular complexity index is 1400. The van der Waals surface area contributed by atoms with Crippen LogP contribution in [0.15, 0.2) is 73.1 Å². The Balaban J connectivity index is 1.45. The van der Waals surface area contributed by atoms with E-state index >= 15 is 0 Å². The smallest absolute Gasteiger partial charge is 0.369 e. The van der Waals surface area contributed by atoms with E-state index in [0.717, 1.165) is 24.1 Å². The normalized spacial score (nSPS) is 23.5. The summed E-state index contributed by atoms with van der Waals surface area (Å²) in [6, 6.07) is 12.6. The number of urea groups is 1. The first kappa shape index (κ1) is 29.8. The van der Waals surface area contributed by atoms with Crippen molar-refractivity contribution in [1.29, 1.82) is 0 Å². The van der Waals surface area contributed by atoms with Crippen molar-refractivity contribution in [2.45, 2.75) is 48.5 Å². The summed E-state index contributed by atoms with van der Waals surface area (Å²) < 4.78 is 94.4. The molecule has 3 aromatic rings. The topological polar surface area (TPSA) is 56.7 Å². The molecule has 3 atom stereocenters. The molecule has 42 heavy (non-hydrogen) atoms. The second kappa shape index (κ2) is 10.6. The van der Waals surface area contributed by atoms with E-state index in [9.17, 15) is 40.6 Å². The first-order chi connectivity index (χ1) is 19.6. The molecule has 5 rings (SSSR count). The van der Waals surface area contributed by atoms with Crippen molar-refractivity contribution in [3.8, 4) is 0 Å². The molecule has 1 aromatic heterocycles. The van der Waals surface area contributed by atoms with Crippen LogP contribution in [0.3, 0.4) is 0 Å². The molecule has 5 nitrogen and oxygen atoms in total. The summed E-state index contributed by atoms with van der Waals surface area (Å²) in [7, 11) is 0. The van der Waals surface area contributed by atoms with E-state index in [4.69, 9.17) is 0 Å². The molecule has 2 aliphatic rings. The first-order valence-corrected chi connectivity index (χ1v) is 13.3. The Morgan fingerprint density at radius 2 is 1.55 bits per heavy atom. The Hall–Kier alpha value is -3.67. The minimum atomic E-state index is -6.00. The molecular weight excluding hydrogens is 567 g/mol. The monoisotopic (exact) mass is 595 g/mol. The van der Waals surface area contributed by atoms with Crippen LogP contribution >= 0.6 is 0 Å². The maximum atomic E-state index is 13.8. The van der Waals surface area contributed by atoms with E-state index in [1.165, 1.54) is 12.1 Å². The highest BCUT2D eigenvalue weighted by Gasteiger charge is 2.71. The number of halogens is 7. The van der Waals surface area contributed by atoms with Crippen molar-refractivity contribution < 1.29 is 40.6 Å². The molecule has 2 amide bonds. The lowest BCUT2D eigenvalue weighted by atomic mass is 9.71. The highest BCUT2D eigenvalue weighted by molar-refractivity contribution is 5.76. The van der Waals surface area contributed by atoms with Crippen LogP contribution in [0.25, 0.3) is 0 Å². The molecule has 1 unspecified atom stereocenters. The van der Waals surface area contributed by atoms with Crippen LogP contribution in [0.2, 0.25) is 0 Å². The van der Waals surface area contributed by atoms with Gasteiger partial charge in [-0.1, -0.05) is 49.4 Å². The number of carbonyl (C=O) groups excluding carboxylic acids is 1. The fourth-order valence-electron chi connectivity index (χ4n) is 6.20. The molecule has 0 aliphatic carbocycles. The summed E-state index contributed by atoms with van der Waals surface area (Å²) in [4.78, 5) is 21.2. The van der Waals surface area contributed by atoms with Crippen LogP contribution in [0.5, 0.6) is 0 Å². The third kappa shape index (κ3) is 5.10. The summed E-state index contributed by atoms with van der Waals surface area (Å²) in [6.45, 7) is 3.13. The lowest BCUT2D eigenvalue weighted by molar-refractivity contribution is -0.376. The predicted octanol–water partition coefficient (Wildman–Crippen LogP) is 6.50. The predicted molar refractivity (Wildman–Crippen MR) is 139 cm³/mol. The third-order valence-electron chi connectivity index (χ3n) is 8.63. The molecule has 0 spiro atoms. The molecule has 12 heteroatoms. The number of rotatable bonds is 4. The molecule has 1 N–H and O–H groups in total. The number of alkyl halides is 6. The number of likely N-dealkylation sites (tertiary alicyclic amines) is 2. The van der Waals surface area contributed by atoms with E-state index in [1.54, 1.807) is 34.3 Å². The van der Waals surface area contributed by atoms with Gasteiger partial charge in [0.2, 0.25) is 0 Å². The van der Waals surface area contributed by atoms with Gasteiger partial charge >= 0.3 is 18.4 Å². The number of benzene rings is 2. The number of hydrogen-bond acceptors (Lipinski definition) is 3. The number of carbonyl (C=O) groups is 1. The quantitative estimate of drug-likeness (QED) is 0.351. The maximum absolute atomic E-state index is 13.8. The minimum Gasteiger partial charge on any atom is -0.369 e. The van der Waals surface area contributed by atoms with Crippen LogP contribution in [0.4, 0.5) is 35.5 Å². The van der Waals surface area contributed by atoms with Gasteiger partial charge in [-0.15, -0.1) is 0 Å². The number of hydrogen-bond donors (Lipinski definition) is 1. The molecule has 224 valence electrons. The molecule has 2 aromatic carbocycles. The highest BCUT2D eigenvalue weighted by atomic mass is 19.4. The van der Waals surface area contributed by atoms with Gasteiger partial charge in [0.1, 0.15) is 5.82 Å². The zero-order chi connectivity index (χ0) is 30.5. The Kier molecular flexibility index (Phi) is 7.49. The van der Waals surface area contributed by atoms with Crippen molar-refractivity contribution in [2.24, 2.45) is 0 Å². The van der Waals surface area contributed by atoms with Gasteiger partial charge in [-0.3, -0.25) is 4.98 Å². The fraction of sp³-hybridized carbons (Fsp3) is 0.400. The van der Waals surface area contributed by atoms with Crippen molar-refractivity contribution in [2.75, 3.05) is 26.2 Å². The zero-order valence-corrected chi connectivity index (χ0v) is 22.5. The Morgan fingerprint density at radius 1 is 0.905 bits per heavy atom. The molecule has 0 radical (unpaired) electrons. The van der Waals surface area contributed by atoms with Gasteiger partial charge in [-0.05, 0) is 41.3 Å². The number of aliphatic hydroxyl groups is 1. The van der Waals surface area contributed by atoms with Gasteiger partial charge in [-0.2, -0.15) is 26.3 Å². The summed E-state index contributed by atoms with van der Waals surface area (Å²) in [6.07, 6.45) is -7.84. The van der Waals surface area contributed by atoms with Crippen LogP contribution in [0, 0.1) is 5.82 Å². The Morgan fingerprint density at radius 3 is 2.12 bits per heavy atom. The standard InChI is InChI=1S/C30H28F7N3O2/c1-27(22-8-10-24(31)11-9-22)18-40(26(41)39-14-12-21(16-39)20-3-2-13-38-15-20)17-25(27)19-4-6-23(7-5-19)28(42,29(32,33)34)30(35,36)37/h2-11,13,15,21,25,42H,12,14,16-18H2,1H3/t21?,25-,27+/m0/s1. The van der Waals surface area contributed by atoms with E-state index in [2.05, 4.69) is 4.98 Å². The summed E-state index contributed by atoms with van der Waals surface area (Å²) in [5.41, 5.74) is -5.21. The number of pyridine rings is 1. The van der Waals surface area contributed by atoms with E-state index < -0.39 is 40.7 Å². The van der Waals surface area contributed by atoms with E-state index in [1.807, 2.05) is 19.1 Å². The molecule has 2 fully saturated rings. The van der Waals surface area contributed by atoms with Gasteiger partial charge in [-0.25, -0.2) is 9.18 Å². The van der Waals surface area contributed by atoms with Gasteiger partial charge in [0.05, 0.1) is 0 Å². The van der Waals surface area contributed by atoms with Gasteiger partial charge in [0, 0.05) is 61.4 Å². The lowest BCUT2D eigenvalue weighted by Gasteiger charge is -2.34. The second-order valence-corrected chi connectivity index (χ2v) is 11.2. The number of aromatic nitrogens is 1. The maximum Gasteiger partial charge on any atom is 0.430 e. The fourth-order valence-corrected chi connectivity index (χ4v) is 6.20. The average molecular weight is 596 g/mol. The molecule has 0 saturated carbocycles. The number of nitrogens with zero attached hydrogens (tertiary/aromatic N) is 3.